The summed E-state index contributed by atoms with van der Waals surface area (Å²) in [6.45, 7) is 0.359. The number of hydrogen-bond acceptors (Lipinski definition) is 5. The fourth-order valence-electron chi connectivity index (χ4n) is 3.28. The molecule has 4 aromatic heterocycles. The molecule has 0 aliphatic rings. The molecule has 0 aliphatic carbocycles. The lowest BCUT2D eigenvalue weighted by Crippen LogP contribution is -2.40. The highest BCUT2D eigenvalue weighted by Crippen LogP contribution is 2.38. The Bertz CT molecular complexity index is 1310. The predicted molar refractivity (Wildman–Crippen MR) is 114 cm³/mol. The minimum absolute atomic E-state index is 0.108. The van der Waals surface area contributed by atoms with E-state index in [1.54, 1.807) is 30.5 Å². The minimum Gasteiger partial charge on any atom is -0.433 e. The van der Waals surface area contributed by atoms with Crippen LogP contribution in [0.3, 0.4) is 0 Å². The highest BCUT2D eigenvalue weighted by molar-refractivity contribution is 7.99. The van der Waals surface area contributed by atoms with E-state index in [4.69, 9.17) is 4.74 Å². The molecule has 6 nitrogen and oxygen atoms in total. The van der Waals surface area contributed by atoms with Crippen LogP contribution in [0.1, 0.15) is 6.92 Å². The Kier molecular flexibility index (Phi) is 6.34. The third kappa shape index (κ3) is 4.76. The number of alkyl halides is 5. The van der Waals surface area contributed by atoms with Crippen molar-refractivity contribution < 1.29 is 36.6 Å². The summed E-state index contributed by atoms with van der Waals surface area (Å²) in [7, 11) is 0. The third-order valence-corrected chi connectivity index (χ3v) is 5.74. The number of thioether (sulfide) groups is 1. The largest absolute Gasteiger partial charge is 0.455 e. The number of fused-ring (bicyclic) bond motifs is 1. The van der Waals surface area contributed by atoms with E-state index in [9.17, 15) is 27.2 Å². The van der Waals surface area contributed by atoms with Crippen LogP contribution in [0.25, 0.3) is 22.3 Å². The van der Waals surface area contributed by atoms with Gasteiger partial charge in [-0.1, -0.05) is 13.0 Å². The van der Waals surface area contributed by atoms with E-state index in [1.165, 1.54) is 36.3 Å². The lowest BCUT2D eigenvalue weighted by molar-refractivity contribution is -0.897. The Hall–Kier alpha value is -3.41. The SMILES string of the molecule is CCSc1cc(Oc2ccccn2)c[n+](O)c1-c1cc2ccn(CC(F)(F)C(F)(F)F)c2cn1. The van der Waals surface area contributed by atoms with Crippen LogP contribution < -0.4 is 9.47 Å². The van der Waals surface area contributed by atoms with Crippen LogP contribution in [-0.4, -0.2) is 37.6 Å². The van der Waals surface area contributed by atoms with Crippen molar-refractivity contribution in [1.29, 1.82) is 0 Å². The van der Waals surface area contributed by atoms with Crippen LogP contribution in [0.4, 0.5) is 22.0 Å². The highest BCUT2D eigenvalue weighted by atomic mass is 32.2. The fraction of sp³-hybridized carbons (Fsp3) is 0.227. The molecule has 0 amide bonds. The molecule has 0 aromatic carbocycles. The van der Waals surface area contributed by atoms with E-state index in [2.05, 4.69) is 9.97 Å². The van der Waals surface area contributed by atoms with Crippen molar-refractivity contribution in [3.63, 3.8) is 0 Å². The smallest absolute Gasteiger partial charge is 0.433 e. The summed E-state index contributed by atoms with van der Waals surface area (Å²) in [4.78, 5) is 8.92. The summed E-state index contributed by atoms with van der Waals surface area (Å²) < 4.78 is 72.2. The summed E-state index contributed by atoms with van der Waals surface area (Å²) in [6, 6.07) is 9.77. The first-order chi connectivity index (χ1) is 16.1. The zero-order valence-corrected chi connectivity index (χ0v) is 18.4. The van der Waals surface area contributed by atoms with E-state index >= 15 is 0 Å². The van der Waals surface area contributed by atoms with Gasteiger partial charge in [0.1, 0.15) is 5.69 Å². The van der Waals surface area contributed by atoms with Crippen molar-refractivity contribution >= 4 is 22.7 Å². The summed E-state index contributed by atoms with van der Waals surface area (Å²) in [5.41, 5.74) is 0.725. The van der Waals surface area contributed by atoms with Gasteiger partial charge in [-0.05, 0) is 24.0 Å². The average Bonchev–Trinajstić information content (AvgIpc) is 3.15. The molecule has 0 atom stereocenters. The van der Waals surface area contributed by atoms with Gasteiger partial charge in [-0.15, -0.1) is 11.8 Å². The standard InChI is InChI=1S/C22H18F5N4O2S/c1-2-34-18-10-15(33-19-5-3-4-7-28-19)12-31(32)20(18)16-9-14-6-8-30(17(14)11-29-16)13-21(23,24)22(25,26)27/h3-12,32H,2,13H2,1H3/q+1. The van der Waals surface area contributed by atoms with Gasteiger partial charge < -0.3 is 9.30 Å². The molecule has 12 heteroatoms. The van der Waals surface area contributed by atoms with E-state index in [1.807, 2.05) is 6.92 Å². The maximum atomic E-state index is 13.5. The zero-order valence-electron chi connectivity index (χ0n) is 17.6. The van der Waals surface area contributed by atoms with Crippen LogP contribution in [0, 0.1) is 0 Å². The third-order valence-electron chi connectivity index (χ3n) is 4.83. The van der Waals surface area contributed by atoms with Gasteiger partial charge >= 0.3 is 12.1 Å². The van der Waals surface area contributed by atoms with Crippen molar-refractivity contribution in [2.45, 2.75) is 30.5 Å². The first kappa shape index (κ1) is 23.7. The van der Waals surface area contributed by atoms with Crippen LogP contribution in [0.5, 0.6) is 11.6 Å². The normalized spacial score (nSPS) is 12.3. The molecule has 0 aliphatic heterocycles. The molecule has 1 N–H and O–H groups in total. The molecule has 0 radical (unpaired) electrons. The van der Waals surface area contributed by atoms with Gasteiger partial charge in [0.05, 0.1) is 23.2 Å². The molecule has 0 saturated carbocycles. The van der Waals surface area contributed by atoms with Crippen LogP contribution in [0.2, 0.25) is 0 Å². The van der Waals surface area contributed by atoms with E-state index in [0.29, 0.717) is 39.1 Å². The summed E-state index contributed by atoms with van der Waals surface area (Å²) >= 11 is 1.41. The molecule has 0 saturated heterocycles. The Morgan fingerprint density at radius 1 is 1.12 bits per heavy atom. The zero-order chi connectivity index (χ0) is 24.5. The van der Waals surface area contributed by atoms with Gasteiger partial charge in [0.2, 0.25) is 5.88 Å². The van der Waals surface area contributed by atoms with Gasteiger partial charge in [0, 0.05) is 34.6 Å². The second-order valence-electron chi connectivity index (χ2n) is 7.21. The first-order valence-electron chi connectivity index (χ1n) is 9.99. The number of aromatic nitrogens is 4. The summed E-state index contributed by atoms with van der Waals surface area (Å²) in [5, 5.41) is 11.1. The van der Waals surface area contributed by atoms with E-state index < -0.39 is 18.6 Å². The molecule has 0 bridgehead atoms. The monoisotopic (exact) mass is 497 g/mol. The molecule has 0 unspecified atom stereocenters. The van der Waals surface area contributed by atoms with E-state index in [0.717, 1.165) is 15.5 Å². The van der Waals surface area contributed by atoms with Gasteiger partial charge in [-0.25, -0.2) is 9.97 Å². The van der Waals surface area contributed by atoms with Crippen LogP contribution >= 0.6 is 11.8 Å². The van der Waals surface area contributed by atoms with Gasteiger partial charge in [-0.3, -0.25) is 5.21 Å². The highest BCUT2D eigenvalue weighted by Gasteiger charge is 2.57. The van der Waals surface area contributed by atoms with Crippen LogP contribution in [-0.2, 0) is 6.54 Å². The van der Waals surface area contributed by atoms with Crippen molar-refractivity contribution in [2.75, 3.05) is 5.75 Å². The predicted octanol–water partition coefficient (Wildman–Crippen LogP) is 5.73. The molecular formula is C22H18F5N4O2S+. The Morgan fingerprint density at radius 2 is 1.91 bits per heavy atom. The Balaban J connectivity index is 1.71. The minimum atomic E-state index is -5.66. The maximum Gasteiger partial charge on any atom is 0.455 e. The summed E-state index contributed by atoms with van der Waals surface area (Å²) in [5.74, 6) is -3.58. The Morgan fingerprint density at radius 3 is 2.59 bits per heavy atom. The number of nitrogens with zero attached hydrogens (tertiary/aromatic N) is 4. The fourth-order valence-corrected chi connectivity index (χ4v) is 4.13. The molecule has 0 fully saturated rings. The van der Waals surface area contributed by atoms with Crippen molar-refractivity contribution in [3.8, 4) is 23.0 Å². The molecule has 34 heavy (non-hydrogen) atoms. The molecule has 4 heterocycles. The molecule has 0 spiro atoms. The van der Waals surface area contributed by atoms with Crippen LogP contribution in [0.15, 0.2) is 66.1 Å². The van der Waals surface area contributed by atoms with Gasteiger partial charge in [0.15, 0.2) is 5.75 Å². The number of halogens is 5. The average molecular weight is 497 g/mol. The van der Waals surface area contributed by atoms with Gasteiger partial charge in [-0.2, -0.15) is 22.0 Å². The summed E-state index contributed by atoms with van der Waals surface area (Å²) in [6.07, 6.45) is -0.423. The van der Waals surface area contributed by atoms with Crippen molar-refractivity contribution in [1.82, 2.24) is 14.5 Å². The van der Waals surface area contributed by atoms with Gasteiger partial charge in [0.25, 0.3) is 11.9 Å². The number of rotatable bonds is 7. The van der Waals surface area contributed by atoms with Crippen molar-refractivity contribution in [2.24, 2.45) is 0 Å². The molecule has 178 valence electrons. The number of hydrogen-bond donors (Lipinski definition) is 1. The lowest BCUT2D eigenvalue weighted by atomic mass is 10.2. The second-order valence-corrected chi connectivity index (χ2v) is 8.52. The number of pyridine rings is 3. The lowest BCUT2D eigenvalue weighted by Gasteiger charge is -2.20. The quantitative estimate of drug-likeness (QED) is 0.153. The molecule has 4 rings (SSSR count). The van der Waals surface area contributed by atoms with Crippen molar-refractivity contribution in [3.05, 3.63) is 61.2 Å². The first-order valence-corrected chi connectivity index (χ1v) is 11.0. The maximum absolute atomic E-state index is 13.5. The molecular weight excluding hydrogens is 479 g/mol. The van der Waals surface area contributed by atoms with E-state index in [-0.39, 0.29) is 5.52 Å². The number of ether oxygens (including phenoxy) is 1. The second kappa shape index (κ2) is 9.09. The topological polar surface area (TPSA) is 64.1 Å². The molecule has 4 aromatic rings. The Labute approximate surface area is 194 Å².